The molecule has 3 N–H and O–H groups in total. The minimum absolute atomic E-state index is 0.272. The van der Waals surface area contributed by atoms with Crippen molar-refractivity contribution in [3.8, 4) is 0 Å². The summed E-state index contributed by atoms with van der Waals surface area (Å²) in [5.41, 5.74) is 5.31. The van der Waals surface area contributed by atoms with Gasteiger partial charge in [-0.25, -0.2) is 4.79 Å². The Kier molecular flexibility index (Phi) is 5.39. The average Bonchev–Trinajstić information content (AvgIpc) is 2.46. The Labute approximate surface area is 120 Å². The smallest absolute Gasteiger partial charge is 0.314 e. The second-order valence-corrected chi connectivity index (χ2v) is 7.20. The van der Waals surface area contributed by atoms with E-state index >= 15 is 0 Å². The number of hydrogen-bond donors (Lipinski definition) is 2. The topological polar surface area (TPSA) is 58.4 Å². The number of rotatable bonds is 4. The maximum atomic E-state index is 11.1. The highest BCUT2D eigenvalue weighted by Crippen LogP contribution is 2.38. The minimum atomic E-state index is -0.272. The molecule has 4 nitrogen and oxygen atoms in total. The lowest BCUT2D eigenvalue weighted by Crippen LogP contribution is -2.50. The first-order chi connectivity index (χ1) is 9.15. The molecule has 1 saturated carbocycles. The molecule has 5 heteroatoms. The Bertz CT molecular complexity index is 297. The maximum absolute atomic E-state index is 11.1. The van der Waals surface area contributed by atoms with Gasteiger partial charge in [0.05, 0.1) is 0 Å². The number of carbonyl (C=O) groups excluding carboxylic acids is 1. The molecule has 1 aliphatic carbocycles. The molecule has 0 aromatic rings. The third-order valence-electron chi connectivity index (χ3n) is 4.72. The van der Waals surface area contributed by atoms with E-state index < -0.39 is 0 Å². The number of likely N-dealkylation sites (tertiary alicyclic amines) is 1. The third kappa shape index (κ3) is 4.02. The zero-order chi connectivity index (χ0) is 13.7. The van der Waals surface area contributed by atoms with E-state index in [0.29, 0.717) is 10.8 Å². The van der Waals surface area contributed by atoms with E-state index in [1.54, 1.807) is 4.90 Å². The molecule has 0 bridgehead atoms. The van der Waals surface area contributed by atoms with Gasteiger partial charge in [0, 0.05) is 30.4 Å². The van der Waals surface area contributed by atoms with Crippen LogP contribution >= 0.6 is 11.8 Å². The molecule has 1 heterocycles. The molecule has 110 valence electrons. The van der Waals surface area contributed by atoms with Crippen LogP contribution in [0, 0.1) is 0 Å². The van der Waals surface area contributed by atoms with Gasteiger partial charge in [-0.2, -0.15) is 11.8 Å². The van der Waals surface area contributed by atoms with Crippen LogP contribution in [0.4, 0.5) is 4.79 Å². The van der Waals surface area contributed by atoms with Gasteiger partial charge in [0.25, 0.3) is 0 Å². The SMILES string of the molecule is CSC1(CNC2CCN(C(N)=O)CC2)CCCCC1. The van der Waals surface area contributed by atoms with Gasteiger partial charge >= 0.3 is 6.03 Å². The van der Waals surface area contributed by atoms with Crippen molar-refractivity contribution in [3.05, 3.63) is 0 Å². The fourth-order valence-electron chi connectivity index (χ4n) is 3.28. The van der Waals surface area contributed by atoms with Crippen molar-refractivity contribution in [2.45, 2.75) is 55.7 Å². The van der Waals surface area contributed by atoms with E-state index in [1.165, 1.54) is 32.1 Å². The number of nitrogens with one attached hydrogen (secondary N) is 1. The number of hydrogen-bond acceptors (Lipinski definition) is 3. The van der Waals surface area contributed by atoms with Crippen LogP contribution in [-0.4, -0.2) is 47.6 Å². The zero-order valence-corrected chi connectivity index (χ0v) is 12.8. The summed E-state index contributed by atoms with van der Waals surface area (Å²) < 4.78 is 0.457. The second-order valence-electron chi connectivity index (χ2n) is 5.93. The van der Waals surface area contributed by atoms with E-state index in [-0.39, 0.29) is 6.03 Å². The molecule has 2 amide bonds. The lowest BCUT2D eigenvalue weighted by Gasteiger charge is -2.39. The number of nitrogens with two attached hydrogens (primary N) is 1. The number of urea groups is 1. The molecule has 1 aliphatic heterocycles. The second kappa shape index (κ2) is 6.84. The summed E-state index contributed by atoms with van der Waals surface area (Å²) in [7, 11) is 0. The average molecular weight is 285 g/mol. The van der Waals surface area contributed by atoms with Crippen LogP contribution in [0.1, 0.15) is 44.9 Å². The molecule has 0 aromatic carbocycles. The van der Waals surface area contributed by atoms with Gasteiger partial charge in [0.2, 0.25) is 0 Å². The van der Waals surface area contributed by atoms with Crippen LogP contribution in [-0.2, 0) is 0 Å². The quantitative estimate of drug-likeness (QED) is 0.832. The molecule has 0 aromatic heterocycles. The van der Waals surface area contributed by atoms with E-state index in [0.717, 1.165) is 32.5 Å². The Morgan fingerprint density at radius 1 is 1.32 bits per heavy atom. The summed E-state index contributed by atoms with van der Waals surface area (Å²) in [6.45, 7) is 2.73. The molecule has 1 saturated heterocycles. The van der Waals surface area contributed by atoms with Crippen molar-refractivity contribution in [1.82, 2.24) is 10.2 Å². The number of thioether (sulfide) groups is 1. The summed E-state index contributed by atoms with van der Waals surface area (Å²) in [6, 6.07) is 0.285. The molecular formula is C14H27N3OS. The maximum Gasteiger partial charge on any atom is 0.314 e. The summed E-state index contributed by atoms with van der Waals surface area (Å²) in [6.07, 6.45) is 11.2. The van der Waals surface area contributed by atoms with Gasteiger partial charge in [-0.3, -0.25) is 0 Å². The highest BCUT2D eigenvalue weighted by Gasteiger charge is 2.32. The highest BCUT2D eigenvalue weighted by atomic mass is 32.2. The summed E-state index contributed by atoms with van der Waals surface area (Å²) in [5.74, 6) is 0. The molecule has 0 radical (unpaired) electrons. The molecule has 2 aliphatic rings. The predicted octanol–water partition coefficient (Wildman–Crippen LogP) is 2.18. The van der Waals surface area contributed by atoms with Crippen molar-refractivity contribution < 1.29 is 4.79 Å². The van der Waals surface area contributed by atoms with Gasteiger partial charge in [-0.15, -0.1) is 0 Å². The van der Waals surface area contributed by atoms with E-state index in [9.17, 15) is 4.79 Å². The van der Waals surface area contributed by atoms with Crippen molar-refractivity contribution in [2.24, 2.45) is 5.73 Å². The van der Waals surface area contributed by atoms with E-state index in [4.69, 9.17) is 5.73 Å². The van der Waals surface area contributed by atoms with Crippen LogP contribution in [0.15, 0.2) is 0 Å². The van der Waals surface area contributed by atoms with Crippen LogP contribution < -0.4 is 11.1 Å². The fraction of sp³-hybridized carbons (Fsp3) is 0.929. The van der Waals surface area contributed by atoms with Gasteiger partial charge in [0.15, 0.2) is 0 Å². The largest absolute Gasteiger partial charge is 0.351 e. The highest BCUT2D eigenvalue weighted by molar-refractivity contribution is 8.00. The molecule has 0 spiro atoms. The Morgan fingerprint density at radius 3 is 2.47 bits per heavy atom. The Morgan fingerprint density at radius 2 is 1.95 bits per heavy atom. The molecule has 0 unspecified atom stereocenters. The standard InChI is InChI=1S/C14H27N3OS/c1-19-14(7-3-2-4-8-14)11-16-12-5-9-17(10-6-12)13(15)18/h12,16H,2-11H2,1H3,(H2,15,18). The number of primary amides is 1. The summed E-state index contributed by atoms with van der Waals surface area (Å²) >= 11 is 2.04. The molecule has 0 atom stereocenters. The Balaban J connectivity index is 1.75. The van der Waals surface area contributed by atoms with Gasteiger partial charge in [-0.05, 0) is 31.9 Å². The zero-order valence-electron chi connectivity index (χ0n) is 12.0. The van der Waals surface area contributed by atoms with Crippen LogP contribution in [0.2, 0.25) is 0 Å². The molecule has 2 rings (SSSR count). The number of piperidine rings is 1. The van der Waals surface area contributed by atoms with Crippen molar-refractivity contribution in [2.75, 3.05) is 25.9 Å². The predicted molar refractivity (Wildman–Crippen MR) is 81.5 cm³/mol. The third-order valence-corrected chi connectivity index (χ3v) is 6.14. The lowest BCUT2D eigenvalue weighted by atomic mass is 9.88. The fourth-order valence-corrected chi connectivity index (χ4v) is 4.21. The van der Waals surface area contributed by atoms with E-state index in [2.05, 4.69) is 11.6 Å². The number of carbonyl (C=O) groups is 1. The van der Waals surface area contributed by atoms with Crippen LogP contribution in [0.3, 0.4) is 0 Å². The number of amides is 2. The first-order valence-corrected chi connectivity index (χ1v) is 8.71. The lowest BCUT2D eigenvalue weighted by molar-refractivity contribution is 0.183. The van der Waals surface area contributed by atoms with Crippen LogP contribution in [0.25, 0.3) is 0 Å². The first-order valence-electron chi connectivity index (χ1n) is 7.48. The van der Waals surface area contributed by atoms with Crippen LogP contribution in [0.5, 0.6) is 0 Å². The molecular weight excluding hydrogens is 258 g/mol. The molecule has 19 heavy (non-hydrogen) atoms. The normalized spacial score (nSPS) is 24.4. The minimum Gasteiger partial charge on any atom is -0.351 e. The Hall–Kier alpha value is -0.420. The number of nitrogens with zero attached hydrogens (tertiary/aromatic N) is 1. The van der Waals surface area contributed by atoms with Gasteiger partial charge in [-0.1, -0.05) is 19.3 Å². The summed E-state index contributed by atoms with van der Waals surface area (Å²) in [4.78, 5) is 12.8. The molecule has 2 fully saturated rings. The van der Waals surface area contributed by atoms with Crippen molar-refractivity contribution in [1.29, 1.82) is 0 Å². The van der Waals surface area contributed by atoms with Gasteiger partial charge in [0.1, 0.15) is 0 Å². The van der Waals surface area contributed by atoms with Crippen molar-refractivity contribution >= 4 is 17.8 Å². The van der Waals surface area contributed by atoms with Crippen molar-refractivity contribution in [3.63, 3.8) is 0 Å². The monoisotopic (exact) mass is 285 g/mol. The van der Waals surface area contributed by atoms with E-state index in [1.807, 2.05) is 11.8 Å². The summed E-state index contributed by atoms with van der Waals surface area (Å²) in [5, 5.41) is 3.74. The van der Waals surface area contributed by atoms with Gasteiger partial charge < -0.3 is 16.0 Å². The first kappa shape index (κ1) is 15.0.